The van der Waals surface area contributed by atoms with E-state index in [1.54, 1.807) is 7.11 Å². The molecule has 0 saturated heterocycles. The van der Waals surface area contributed by atoms with Crippen LogP contribution in [-0.2, 0) is 9.59 Å². The van der Waals surface area contributed by atoms with Crippen LogP contribution in [0.4, 0.5) is 5.69 Å². The van der Waals surface area contributed by atoms with Crippen molar-refractivity contribution in [2.75, 3.05) is 19.0 Å². The molecule has 0 unspecified atom stereocenters. The van der Waals surface area contributed by atoms with Crippen LogP contribution in [0.3, 0.4) is 0 Å². The van der Waals surface area contributed by atoms with Gasteiger partial charge in [-0.25, -0.2) is 0 Å². The van der Waals surface area contributed by atoms with E-state index in [1.165, 1.54) is 0 Å². The topological polar surface area (TPSA) is 67.4 Å². The second-order valence-electron chi connectivity index (χ2n) is 7.38. The van der Waals surface area contributed by atoms with E-state index < -0.39 is 0 Å². The van der Waals surface area contributed by atoms with E-state index in [2.05, 4.69) is 24.5 Å². The van der Waals surface area contributed by atoms with Crippen LogP contribution in [0.25, 0.3) is 0 Å². The number of aryl methyl sites for hydroxylation is 1. The fourth-order valence-electron chi connectivity index (χ4n) is 3.22. The molecular formula is C20H30N2O3. The molecule has 5 nitrogen and oxygen atoms in total. The number of hydrogen-bond acceptors (Lipinski definition) is 3. The van der Waals surface area contributed by atoms with Crippen LogP contribution >= 0.6 is 0 Å². The van der Waals surface area contributed by atoms with Gasteiger partial charge in [0, 0.05) is 18.4 Å². The first-order valence-electron chi connectivity index (χ1n) is 9.14. The number of carbonyl (C=O) groups excluding carboxylic acids is 2. The summed E-state index contributed by atoms with van der Waals surface area (Å²) in [6.45, 7) is 6.87. The van der Waals surface area contributed by atoms with Crippen LogP contribution in [0.2, 0.25) is 0 Å². The van der Waals surface area contributed by atoms with Gasteiger partial charge in [0.15, 0.2) is 0 Å². The summed E-state index contributed by atoms with van der Waals surface area (Å²) in [7, 11) is 1.60. The molecular weight excluding hydrogens is 316 g/mol. The zero-order chi connectivity index (χ0) is 18.4. The van der Waals surface area contributed by atoms with Gasteiger partial charge in [0.2, 0.25) is 11.8 Å². The molecule has 0 aromatic heterocycles. The van der Waals surface area contributed by atoms with Crippen molar-refractivity contribution >= 4 is 17.5 Å². The largest absolute Gasteiger partial charge is 0.495 e. The van der Waals surface area contributed by atoms with Gasteiger partial charge in [0.05, 0.1) is 12.8 Å². The molecule has 1 saturated carbocycles. The summed E-state index contributed by atoms with van der Waals surface area (Å²) in [5.74, 6) is 1.27. The summed E-state index contributed by atoms with van der Waals surface area (Å²) in [6.07, 6.45) is 3.04. The van der Waals surface area contributed by atoms with E-state index in [0.717, 1.165) is 31.2 Å². The predicted molar refractivity (Wildman–Crippen MR) is 99.7 cm³/mol. The van der Waals surface area contributed by atoms with Gasteiger partial charge in [0.25, 0.3) is 0 Å². The summed E-state index contributed by atoms with van der Waals surface area (Å²) in [6, 6.07) is 5.73. The van der Waals surface area contributed by atoms with Crippen molar-refractivity contribution < 1.29 is 14.3 Å². The Bertz CT molecular complexity index is 605. The van der Waals surface area contributed by atoms with Gasteiger partial charge < -0.3 is 15.4 Å². The minimum atomic E-state index is -0.0423. The van der Waals surface area contributed by atoms with Crippen molar-refractivity contribution in [2.45, 2.75) is 46.5 Å². The summed E-state index contributed by atoms with van der Waals surface area (Å²) >= 11 is 0. The fourth-order valence-corrected chi connectivity index (χ4v) is 3.22. The molecule has 25 heavy (non-hydrogen) atoms. The smallest absolute Gasteiger partial charge is 0.227 e. The van der Waals surface area contributed by atoms with E-state index >= 15 is 0 Å². The Hall–Kier alpha value is -2.04. The SMILES string of the molecule is COc1ccc(C)cc1NC(=O)C1CCC(C(=O)NCC(C)C)CC1. The molecule has 5 heteroatoms. The summed E-state index contributed by atoms with van der Waals surface area (Å²) in [4.78, 5) is 24.7. The zero-order valence-corrected chi connectivity index (χ0v) is 15.7. The van der Waals surface area contributed by atoms with Gasteiger partial charge in [-0.1, -0.05) is 19.9 Å². The van der Waals surface area contributed by atoms with E-state index in [1.807, 2.05) is 25.1 Å². The first kappa shape index (κ1) is 19.3. The van der Waals surface area contributed by atoms with Gasteiger partial charge in [-0.05, 0) is 56.2 Å². The average molecular weight is 346 g/mol. The lowest BCUT2D eigenvalue weighted by molar-refractivity contribution is -0.128. The van der Waals surface area contributed by atoms with Gasteiger partial charge in [-0.3, -0.25) is 9.59 Å². The van der Waals surface area contributed by atoms with Crippen LogP contribution < -0.4 is 15.4 Å². The Kier molecular flexibility index (Phi) is 6.85. The van der Waals surface area contributed by atoms with Crippen molar-refractivity contribution in [3.8, 4) is 5.75 Å². The number of benzene rings is 1. The van der Waals surface area contributed by atoms with E-state index in [9.17, 15) is 9.59 Å². The maximum atomic E-state index is 12.6. The molecule has 1 aliphatic carbocycles. The molecule has 2 N–H and O–H groups in total. The highest BCUT2D eigenvalue weighted by atomic mass is 16.5. The molecule has 1 aliphatic rings. The fraction of sp³-hybridized carbons (Fsp3) is 0.600. The monoisotopic (exact) mass is 346 g/mol. The molecule has 0 atom stereocenters. The number of methoxy groups -OCH3 is 1. The number of hydrogen-bond donors (Lipinski definition) is 2. The summed E-state index contributed by atoms with van der Waals surface area (Å²) in [5, 5.41) is 5.99. The van der Waals surface area contributed by atoms with Crippen molar-refractivity contribution in [3.63, 3.8) is 0 Å². The molecule has 0 heterocycles. The van der Waals surface area contributed by atoms with Gasteiger partial charge >= 0.3 is 0 Å². The lowest BCUT2D eigenvalue weighted by atomic mass is 9.81. The van der Waals surface area contributed by atoms with Crippen LogP contribution in [0.1, 0.15) is 45.1 Å². The van der Waals surface area contributed by atoms with Crippen LogP contribution in [-0.4, -0.2) is 25.5 Å². The third-order valence-electron chi connectivity index (χ3n) is 4.77. The number of ether oxygens (including phenoxy) is 1. The van der Waals surface area contributed by atoms with E-state index in [-0.39, 0.29) is 23.7 Å². The van der Waals surface area contributed by atoms with Crippen molar-refractivity contribution in [2.24, 2.45) is 17.8 Å². The van der Waals surface area contributed by atoms with Crippen molar-refractivity contribution in [1.82, 2.24) is 5.32 Å². The second kappa shape index (κ2) is 8.88. The molecule has 1 aromatic carbocycles. The maximum Gasteiger partial charge on any atom is 0.227 e. The quantitative estimate of drug-likeness (QED) is 0.828. The standard InChI is InChI=1S/C20H30N2O3/c1-13(2)12-21-19(23)15-6-8-16(9-7-15)20(24)22-17-11-14(3)5-10-18(17)25-4/h5,10-11,13,15-16H,6-9,12H2,1-4H3,(H,21,23)(H,22,24). The highest BCUT2D eigenvalue weighted by Crippen LogP contribution is 2.31. The third kappa shape index (κ3) is 5.48. The van der Waals surface area contributed by atoms with E-state index in [0.29, 0.717) is 23.9 Å². The number of anilines is 1. The van der Waals surface area contributed by atoms with Crippen LogP contribution in [0.5, 0.6) is 5.75 Å². The summed E-state index contributed by atoms with van der Waals surface area (Å²) in [5.41, 5.74) is 1.78. The third-order valence-corrected chi connectivity index (χ3v) is 4.77. The number of nitrogens with one attached hydrogen (secondary N) is 2. The first-order chi connectivity index (χ1) is 11.9. The minimum Gasteiger partial charge on any atom is -0.495 e. The van der Waals surface area contributed by atoms with Gasteiger partial charge in [-0.15, -0.1) is 0 Å². The van der Waals surface area contributed by atoms with Crippen molar-refractivity contribution in [1.29, 1.82) is 0 Å². The Morgan fingerprint density at radius 1 is 1.12 bits per heavy atom. The Balaban J connectivity index is 1.87. The zero-order valence-electron chi connectivity index (χ0n) is 15.7. The van der Waals surface area contributed by atoms with Gasteiger partial charge in [-0.2, -0.15) is 0 Å². The maximum absolute atomic E-state index is 12.6. The first-order valence-corrected chi connectivity index (χ1v) is 9.14. The second-order valence-corrected chi connectivity index (χ2v) is 7.38. The van der Waals surface area contributed by atoms with Gasteiger partial charge in [0.1, 0.15) is 5.75 Å². The lowest BCUT2D eigenvalue weighted by Crippen LogP contribution is -2.37. The average Bonchev–Trinajstić information content (AvgIpc) is 2.60. The highest BCUT2D eigenvalue weighted by Gasteiger charge is 2.30. The Morgan fingerprint density at radius 3 is 2.28 bits per heavy atom. The molecule has 0 radical (unpaired) electrons. The van der Waals surface area contributed by atoms with Crippen molar-refractivity contribution in [3.05, 3.63) is 23.8 Å². The van der Waals surface area contributed by atoms with Crippen LogP contribution in [0, 0.1) is 24.7 Å². The normalized spacial score (nSPS) is 20.2. The predicted octanol–water partition coefficient (Wildman–Crippen LogP) is 3.52. The number of rotatable bonds is 6. The molecule has 0 aliphatic heterocycles. The Morgan fingerprint density at radius 2 is 1.72 bits per heavy atom. The molecule has 2 rings (SSSR count). The Labute approximate surface area is 150 Å². The molecule has 0 bridgehead atoms. The van der Waals surface area contributed by atoms with E-state index in [4.69, 9.17) is 4.74 Å². The lowest BCUT2D eigenvalue weighted by Gasteiger charge is -2.27. The molecule has 2 amide bonds. The molecule has 138 valence electrons. The number of amides is 2. The highest BCUT2D eigenvalue weighted by molar-refractivity contribution is 5.94. The minimum absolute atomic E-state index is 0.0185. The van der Waals surface area contributed by atoms with Crippen LogP contribution in [0.15, 0.2) is 18.2 Å². The molecule has 1 aromatic rings. The summed E-state index contributed by atoms with van der Waals surface area (Å²) < 4.78 is 5.32. The number of carbonyl (C=O) groups is 2. The molecule has 1 fully saturated rings. The molecule has 0 spiro atoms.